The van der Waals surface area contributed by atoms with Crippen LogP contribution in [0.1, 0.15) is 28.4 Å². The molecule has 0 bridgehead atoms. The Morgan fingerprint density at radius 2 is 1.59 bits per heavy atom. The standard InChI is InChI=1S/C15H15NO/c1-2-11-7-3-4-8-12(11)15(17)13-9-5-6-10-14(13)16/h3-10H,2,16H2,1H3. The third-order valence-corrected chi connectivity index (χ3v) is 2.85. The summed E-state index contributed by atoms with van der Waals surface area (Å²) in [4.78, 5) is 12.4. The van der Waals surface area contributed by atoms with Crippen LogP contribution in [0.5, 0.6) is 0 Å². The van der Waals surface area contributed by atoms with E-state index in [0.717, 1.165) is 17.5 Å². The van der Waals surface area contributed by atoms with Gasteiger partial charge in [0, 0.05) is 16.8 Å². The van der Waals surface area contributed by atoms with Gasteiger partial charge in [-0.3, -0.25) is 4.79 Å². The molecule has 2 aromatic carbocycles. The number of hydrogen-bond acceptors (Lipinski definition) is 2. The van der Waals surface area contributed by atoms with Crippen molar-refractivity contribution in [2.24, 2.45) is 0 Å². The lowest BCUT2D eigenvalue weighted by Crippen LogP contribution is -2.07. The van der Waals surface area contributed by atoms with Crippen molar-refractivity contribution in [1.29, 1.82) is 0 Å². The Kier molecular flexibility index (Phi) is 3.24. The first kappa shape index (κ1) is 11.4. The van der Waals surface area contributed by atoms with E-state index in [4.69, 9.17) is 5.73 Å². The second-order valence-corrected chi connectivity index (χ2v) is 3.93. The smallest absolute Gasteiger partial charge is 0.195 e. The van der Waals surface area contributed by atoms with Gasteiger partial charge in [0.25, 0.3) is 0 Å². The Labute approximate surface area is 101 Å². The minimum absolute atomic E-state index is 0.000509. The molecule has 2 N–H and O–H groups in total. The zero-order valence-electron chi connectivity index (χ0n) is 9.81. The molecule has 0 radical (unpaired) electrons. The molecular weight excluding hydrogens is 210 g/mol. The number of carbonyl (C=O) groups excluding carboxylic acids is 1. The number of aryl methyl sites for hydroxylation is 1. The number of nitrogen functional groups attached to an aromatic ring is 1. The zero-order chi connectivity index (χ0) is 12.3. The van der Waals surface area contributed by atoms with Crippen LogP contribution in [-0.4, -0.2) is 5.78 Å². The summed E-state index contributed by atoms with van der Waals surface area (Å²) in [5.74, 6) is 0.000509. The minimum atomic E-state index is 0.000509. The van der Waals surface area contributed by atoms with Crippen LogP contribution in [0.4, 0.5) is 5.69 Å². The Morgan fingerprint density at radius 1 is 1.00 bits per heavy atom. The number of rotatable bonds is 3. The monoisotopic (exact) mass is 225 g/mol. The summed E-state index contributed by atoms with van der Waals surface area (Å²) < 4.78 is 0. The molecule has 0 amide bonds. The fraction of sp³-hybridized carbons (Fsp3) is 0.133. The molecule has 0 spiro atoms. The summed E-state index contributed by atoms with van der Waals surface area (Å²) in [5, 5.41) is 0. The maximum Gasteiger partial charge on any atom is 0.195 e. The number of hydrogen-bond donors (Lipinski definition) is 1. The number of benzene rings is 2. The van der Waals surface area contributed by atoms with E-state index in [0.29, 0.717) is 11.3 Å². The average Bonchev–Trinajstić information content (AvgIpc) is 2.38. The summed E-state index contributed by atoms with van der Waals surface area (Å²) >= 11 is 0. The van der Waals surface area contributed by atoms with Gasteiger partial charge in [-0.05, 0) is 24.1 Å². The molecule has 2 heteroatoms. The zero-order valence-corrected chi connectivity index (χ0v) is 9.81. The molecule has 0 aliphatic carbocycles. The Hall–Kier alpha value is -2.09. The lowest BCUT2D eigenvalue weighted by molar-refractivity contribution is 0.103. The quantitative estimate of drug-likeness (QED) is 0.644. The normalized spacial score (nSPS) is 10.2. The van der Waals surface area contributed by atoms with Crippen LogP contribution in [0.15, 0.2) is 48.5 Å². The van der Waals surface area contributed by atoms with Crippen LogP contribution >= 0.6 is 0 Å². The number of anilines is 1. The van der Waals surface area contributed by atoms with Crippen LogP contribution < -0.4 is 5.73 Å². The molecule has 0 atom stereocenters. The van der Waals surface area contributed by atoms with Crippen LogP contribution in [0.2, 0.25) is 0 Å². The predicted octanol–water partition coefficient (Wildman–Crippen LogP) is 3.06. The van der Waals surface area contributed by atoms with Gasteiger partial charge >= 0.3 is 0 Å². The maximum absolute atomic E-state index is 12.4. The molecule has 0 fully saturated rings. The fourth-order valence-corrected chi connectivity index (χ4v) is 1.90. The van der Waals surface area contributed by atoms with Crippen molar-refractivity contribution in [3.63, 3.8) is 0 Å². The number of nitrogens with two attached hydrogens (primary N) is 1. The highest BCUT2D eigenvalue weighted by molar-refractivity contribution is 6.12. The molecule has 0 heterocycles. The van der Waals surface area contributed by atoms with E-state index in [1.807, 2.05) is 43.3 Å². The van der Waals surface area contributed by atoms with Gasteiger partial charge in [-0.15, -0.1) is 0 Å². The number of carbonyl (C=O) groups is 1. The fourth-order valence-electron chi connectivity index (χ4n) is 1.90. The van der Waals surface area contributed by atoms with Crippen molar-refractivity contribution < 1.29 is 4.79 Å². The maximum atomic E-state index is 12.4. The van der Waals surface area contributed by atoms with E-state index in [1.54, 1.807) is 12.1 Å². The first-order valence-electron chi connectivity index (χ1n) is 5.71. The van der Waals surface area contributed by atoms with Crippen molar-refractivity contribution in [1.82, 2.24) is 0 Å². The van der Waals surface area contributed by atoms with E-state index >= 15 is 0 Å². The lowest BCUT2D eigenvalue weighted by atomic mass is 9.96. The summed E-state index contributed by atoms with van der Waals surface area (Å²) in [6, 6.07) is 14.8. The predicted molar refractivity (Wildman–Crippen MR) is 70.1 cm³/mol. The highest BCUT2D eigenvalue weighted by Crippen LogP contribution is 2.19. The van der Waals surface area contributed by atoms with E-state index in [1.165, 1.54) is 0 Å². The van der Waals surface area contributed by atoms with Crippen LogP contribution in [0.25, 0.3) is 0 Å². The summed E-state index contributed by atoms with van der Waals surface area (Å²) in [7, 11) is 0. The van der Waals surface area contributed by atoms with E-state index < -0.39 is 0 Å². The van der Waals surface area contributed by atoms with Gasteiger partial charge in [-0.25, -0.2) is 0 Å². The topological polar surface area (TPSA) is 43.1 Å². The highest BCUT2D eigenvalue weighted by Gasteiger charge is 2.14. The van der Waals surface area contributed by atoms with Gasteiger partial charge in [-0.1, -0.05) is 43.3 Å². The van der Waals surface area contributed by atoms with Gasteiger partial charge in [0.2, 0.25) is 0 Å². The van der Waals surface area contributed by atoms with Crippen LogP contribution in [0, 0.1) is 0 Å². The van der Waals surface area contributed by atoms with E-state index in [9.17, 15) is 4.79 Å². The largest absolute Gasteiger partial charge is 0.398 e. The minimum Gasteiger partial charge on any atom is -0.398 e. The molecule has 0 aliphatic heterocycles. The molecule has 0 aliphatic rings. The Bertz CT molecular complexity index is 546. The van der Waals surface area contributed by atoms with Gasteiger partial charge < -0.3 is 5.73 Å². The van der Waals surface area contributed by atoms with Crippen molar-refractivity contribution in [2.75, 3.05) is 5.73 Å². The highest BCUT2D eigenvalue weighted by atomic mass is 16.1. The van der Waals surface area contributed by atoms with Gasteiger partial charge in [-0.2, -0.15) is 0 Å². The first-order valence-corrected chi connectivity index (χ1v) is 5.71. The van der Waals surface area contributed by atoms with Crippen molar-refractivity contribution >= 4 is 11.5 Å². The average molecular weight is 225 g/mol. The Balaban J connectivity index is 2.48. The second kappa shape index (κ2) is 4.83. The molecule has 2 nitrogen and oxygen atoms in total. The lowest BCUT2D eigenvalue weighted by Gasteiger charge is -2.08. The molecule has 0 unspecified atom stereocenters. The molecule has 17 heavy (non-hydrogen) atoms. The van der Waals surface area contributed by atoms with E-state index in [-0.39, 0.29) is 5.78 Å². The van der Waals surface area contributed by atoms with Crippen LogP contribution in [-0.2, 0) is 6.42 Å². The molecule has 0 saturated carbocycles. The summed E-state index contributed by atoms with van der Waals surface area (Å²) in [6.45, 7) is 2.04. The SMILES string of the molecule is CCc1ccccc1C(=O)c1ccccc1N. The van der Waals surface area contributed by atoms with E-state index in [2.05, 4.69) is 0 Å². The summed E-state index contributed by atoms with van der Waals surface area (Å²) in [6.07, 6.45) is 0.842. The summed E-state index contributed by atoms with van der Waals surface area (Å²) in [5.41, 5.74) is 8.74. The third kappa shape index (κ3) is 2.21. The molecular formula is C15H15NO. The van der Waals surface area contributed by atoms with Gasteiger partial charge in [0.15, 0.2) is 5.78 Å². The van der Waals surface area contributed by atoms with Crippen molar-refractivity contribution in [3.8, 4) is 0 Å². The molecule has 0 aromatic heterocycles. The third-order valence-electron chi connectivity index (χ3n) is 2.85. The van der Waals surface area contributed by atoms with Gasteiger partial charge in [0.05, 0.1) is 0 Å². The van der Waals surface area contributed by atoms with Crippen LogP contribution in [0.3, 0.4) is 0 Å². The number of ketones is 1. The molecule has 2 aromatic rings. The van der Waals surface area contributed by atoms with Crippen molar-refractivity contribution in [2.45, 2.75) is 13.3 Å². The number of para-hydroxylation sites is 1. The first-order chi connectivity index (χ1) is 8.24. The Morgan fingerprint density at radius 3 is 2.24 bits per heavy atom. The second-order valence-electron chi connectivity index (χ2n) is 3.93. The molecule has 2 rings (SSSR count). The molecule has 86 valence electrons. The van der Waals surface area contributed by atoms with Gasteiger partial charge in [0.1, 0.15) is 0 Å². The molecule has 0 saturated heterocycles. The van der Waals surface area contributed by atoms with Crippen molar-refractivity contribution in [3.05, 3.63) is 65.2 Å².